The molecule has 1 heterocycles. The van der Waals surface area contributed by atoms with Gasteiger partial charge in [0.25, 0.3) is 0 Å². The number of nitrogens with one attached hydrogen (secondary N) is 2. The number of rotatable bonds is 7. The van der Waals surface area contributed by atoms with E-state index in [1.54, 1.807) is 7.11 Å². The van der Waals surface area contributed by atoms with E-state index in [2.05, 4.69) is 15.5 Å². The van der Waals surface area contributed by atoms with Gasteiger partial charge in [-0.25, -0.2) is 0 Å². The lowest BCUT2D eigenvalue weighted by molar-refractivity contribution is -0.125. The topological polar surface area (TPSA) is 53.6 Å². The Morgan fingerprint density at radius 2 is 2.35 bits per heavy atom. The van der Waals surface area contributed by atoms with Crippen LogP contribution in [0.5, 0.6) is 0 Å². The number of ether oxygens (including phenoxy) is 1. The molecule has 1 rings (SSSR count). The standard InChI is InChI=1S/C12H25N3O2/c1-10(12(16)14-6-4-8-17-3)15-7-5-11(9-15)13-2/h10-11,13H,4-9H2,1-3H3,(H,14,16). The Labute approximate surface area is 104 Å². The Hall–Kier alpha value is -0.650. The van der Waals surface area contributed by atoms with Gasteiger partial charge in [-0.05, 0) is 26.8 Å². The molecule has 5 heteroatoms. The number of hydrogen-bond donors (Lipinski definition) is 2. The van der Waals surface area contributed by atoms with E-state index >= 15 is 0 Å². The molecule has 1 aliphatic heterocycles. The van der Waals surface area contributed by atoms with Crippen LogP contribution in [0, 0.1) is 0 Å². The maximum atomic E-state index is 11.9. The van der Waals surface area contributed by atoms with Gasteiger partial charge in [0.05, 0.1) is 6.04 Å². The highest BCUT2D eigenvalue weighted by Crippen LogP contribution is 2.12. The molecular formula is C12H25N3O2. The molecule has 2 atom stereocenters. The molecule has 0 aromatic rings. The zero-order valence-electron chi connectivity index (χ0n) is 11.2. The molecule has 17 heavy (non-hydrogen) atoms. The second-order valence-corrected chi connectivity index (χ2v) is 4.58. The van der Waals surface area contributed by atoms with Crippen molar-refractivity contribution >= 4 is 5.91 Å². The van der Waals surface area contributed by atoms with Crippen LogP contribution in [0.1, 0.15) is 19.8 Å². The van der Waals surface area contributed by atoms with Gasteiger partial charge in [-0.2, -0.15) is 0 Å². The van der Waals surface area contributed by atoms with Crippen LogP contribution in [-0.4, -0.2) is 63.3 Å². The van der Waals surface area contributed by atoms with Crippen molar-refractivity contribution in [1.82, 2.24) is 15.5 Å². The van der Waals surface area contributed by atoms with E-state index < -0.39 is 0 Å². The molecule has 5 nitrogen and oxygen atoms in total. The summed E-state index contributed by atoms with van der Waals surface area (Å²) >= 11 is 0. The molecule has 0 spiro atoms. The lowest BCUT2D eigenvalue weighted by atomic mass is 10.2. The van der Waals surface area contributed by atoms with Gasteiger partial charge in [-0.3, -0.25) is 9.69 Å². The first kappa shape index (κ1) is 14.4. The predicted molar refractivity (Wildman–Crippen MR) is 68.0 cm³/mol. The molecule has 1 amide bonds. The van der Waals surface area contributed by atoms with Crippen LogP contribution in [0.2, 0.25) is 0 Å². The summed E-state index contributed by atoms with van der Waals surface area (Å²) in [5.74, 6) is 0.123. The fourth-order valence-electron chi connectivity index (χ4n) is 2.12. The summed E-state index contributed by atoms with van der Waals surface area (Å²) in [4.78, 5) is 14.1. The highest BCUT2D eigenvalue weighted by atomic mass is 16.5. The first-order chi connectivity index (χ1) is 8.19. The highest BCUT2D eigenvalue weighted by Gasteiger charge is 2.28. The van der Waals surface area contributed by atoms with Crippen molar-refractivity contribution in [2.24, 2.45) is 0 Å². The number of likely N-dealkylation sites (tertiary alicyclic amines) is 1. The van der Waals surface area contributed by atoms with Crippen LogP contribution in [0.15, 0.2) is 0 Å². The number of likely N-dealkylation sites (N-methyl/N-ethyl adjacent to an activating group) is 1. The maximum Gasteiger partial charge on any atom is 0.237 e. The van der Waals surface area contributed by atoms with Gasteiger partial charge in [0.2, 0.25) is 5.91 Å². The SMILES string of the molecule is CNC1CCN(C(C)C(=O)NCCCOC)C1. The molecule has 0 saturated carbocycles. The zero-order chi connectivity index (χ0) is 12.7. The zero-order valence-corrected chi connectivity index (χ0v) is 11.2. The minimum absolute atomic E-state index is 0.0316. The average Bonchev–Trinajstić information content (AvgIpc) is 2.82. The van der Waals surface area contributed by atoms with Gasteiger partial charge < -0.3 is 15.4 Å². The average molecular weight is 243 g/mol. The van der Waals surface area contributed by atoms with Crippen molar-refractivity contribution < 1.29 is 9.53 Å². The van der Waals surface area contributed by atoms with Crippen LogP contribution in [0.25, 0.3) is 0 Å². The molecule has 100 valence electrons. The van der Waals surface area contributed by atoms with E-state index in [1.807, 2.05) is 14.0 Å². The highest BCUT2D eigenvalue weighted by molar-refractivity contribution is 5.81. The molecule has 1 fully saturated rings. The molecular weight excluding hydrogens is 218 g/mol. The van der Waals surface area contributed by atoms with E-state index in [9.17, 15) is 4.79 Å². The minimum Gasteiger partial charge on any atom is -0.385 e. The fourth-order valence-corrected chi connectivity index (χ4v) is 2.12. The van der Waals surface area contributed by atoms with Crippen molar-refractivity contribution in [2.75, 3.05) is 40.4 Å². The third-order valence-electron chi connectivity index (χ3n) is 3.38. The lowest BCUT2D eigenvalue weighted by Crippen LogP contribution is -2.45. The van der Waals surface area contributed by atoms with Gasteiger partial charge in [-0.1, -0.05) is 0 Å². The number of methoxy groups -OCH3 is 1. The molecule has 1 aliphatic rings. The van der Waals surface area contributed by atoms with Crippen LogP contribution in [0.3, 0.4) is 0 Å². The first-order valence-electron chi connectivity index (χ1n) is 6.37. The Kier molecular flexibility index (Phi) is 6.47. The monoisotopic (exact) mass is 243 g/mol. The summed E-state index contributed by atoms with van der Waals surface area (Å²) in [6, 6.07) is 0.495. The number of carbonyl (C=O) groups is 1. The van der Waals surface area contributed by atoms with Crippen LogP contribution < -0.4 is 10.6 Å². The molecule has 0 aliphatic carbocycles. The smallest absolute Gasteiger partial charge is 0.237 e. The molecule has 1 saturated heterocycles. The number of hydrogen-bond acceptors (Lipinski definition) is 4. The lowest BCUT2D eigenvalue weighted by Gasteiger charge is -2.23. The van der Waals surface area contributed by atoms with E-state index in [0.717, 1.165) is 25.9 Å². The van der Waals surface area contributed by atoms with Crippen LogP contribution >= 0.6 is 0 Å². The maximum absolute atomic E-state index is 11.9. The van der Waals surface area contributed by atoms with Gasteiger partial charge in [-0.15, -0.1) is 0 Å². The molecule has 2 N–H and O–H groups in total. The Morgan fingerprint density at radius 3 is 2.94 bits per heavy atom. The van der Waals surface area contributed by atoms with Gasteiger partial charge in [0.1, 0.15) is 0 Å². The van der Waals surface area contributed by atoms with Crippen LogP contribution in [-0.2, 0) is 9.53 Å². The molecule has 2 unspecified atom stereocenters. The van der Waals surface area contributed by atoms with E-state index in [-0.39, 0.29) is 11.9 Å². The van der Waals surface area contributed by atoms with E-state index in [0.29, 0.717) is 19.2 Å². The van der Waals surface area contributed by atoms with E-state index in [4.69, 9.17) is 4.74 Å². The third kappa shape index (κ3) is 4.61. The molecule has 0 bridgehead atoms. The predicted octanol–water partition coefficient (Wildman–Crippen LogP) is -0.179. The summed E-state index contributed by atoms with van der Waals surface area (Å²) in [5, 5.41) is 6.20. The first-order valence-corrected chi connectivity index (χ1v) is 6.37. The van der Waals surface area contributed by atoms with Crippen molar-refractivity contribution in [2.45, 2.75) is 31.8 Å². The largest absolute Gasteiger partial charge is 0.385 e. The molecule has 0 aromatic carbocycles. The summed E-state index contributed by atoms with van der Waals surface area (Å²) in [7, 11) is 3.65. The summed E-state index contributed by atoms with van der Waals surface area (Å²) in [5.41, 5.74) is 0. The molecule has 0 aromatic heterocycles. The van der Waals surface area contributed by atoms with Crippen molar-refractivity contribution in [3.63, 3.8) is 0 Å². The molecule has 0 radical (unpaired) electrons. The van der Waals surface area contributed by atoms with Crippen molar-refractivity contribution in [3.8, 4) is 0 Å². The van der Waals surface area contributed by atoms with Crippen molar-refractivity contribution in [3.05, 3.63) is 0 Å². The second kappa shape index (κ2) is 7.63. The van der Waals surface area contributed by atoms with Gasteiger partial charge in [0.15, 0.2) is 0 Å². The normalized spacial score (nSPS) is 22.6. The quantitative estimate of drug-likeness (QED) is 0.609. The van der Waals surface area contributed by atoms with Gasteiger partial charge in [0, 0.05) is 39.4 Å². The van der Waals surface area contributed by atoms with Gasteiger partial charge >= 0.3 is 0 Å². The fraction of sp³-hybridized carbons (Fsp3) is 0.917. The Bertz CT molecular complexity index is 236. The second-order valence-electron chi connectivity index (χ2n) is 4.58. The number of nitrogens with zero attached hydrogens (tertiary/aromatic N) is 1. The van der Waals surface area contributed by atoms with E-state index in [1.165, 1.54) is 0 Å². The number of carbonyl (C=O) groups excluding carboxylic acids is 1. The summed E-state index contributed by atoms with van der Waals surface area (Å²) < 4.78 is 4.94. The third-order valence-corrected chi connectivity index (χ3v) is 3.38. The number of amides is 1. The Balaban J connectivity index is 2.22. The summed E-state index contributed by atoms with van der Waals surface area (Å²) in [6.45, 7) is 5.32. The summed E-state index contributed by atoms with van der Waals surface area (Å²) in [6.07, 6.45) is 1.99. The Morgan fingerprint density at radius 1 is 1.59 bits per heavy atom. The van der Waals surface area contributed by atoms with Crippen molar-refractivity contribution in [1.29, 1.82) is 0 Å². The van der Waals surface area contributed by atoms with Crippen LogP contribution in [0.4, 0.5) is 0 Å². The minimum atomic E-state index is -0.0316.